The summed E-state index contributed by atoms with van der Waals surface area (Å²) in [5, 5.41) is 5.68. The number of para-hydroxylation sites is 2. The number of rotatable bonds is 6. The zero-order chi connectivity index (χ0) is 13.7. The van der Waals surface area contributed by atoms with Gasteiger partial charge in [-0.25, -0.2) is 4.79 Å². The zero-order valence-electron chi connectivity index (χ0n) is 10.2. The van der Waals surface area contributed by atoms with Crippen LogP contribution in [0.1, 0.15) is 0 Å². The van der Waals surface area contributed by atoms with Gasteiger partial charge in [0.1, 0.15) is 5.75 Å². The summed E-state index contributed by atoms with van der Waals surface area (Å²) in [6.45, 7) is -0.571. The van der Waals surface area contributed by atoms with E-state index in [1.807, 2.05) is 0 Å². The van der Waals surface area contributed by atoms with Crippen LogP contribution in [0.25, 0.3) is 0 Å². The topological polar surface area (TPSA) is 53.6 Å². The van der Waals surface area contributed by atoms with Gasteiger partial charge in [-0.05, 0) is 12.1 Å². The van der Waals surface area contributed by atoms with Gasteiger partial charge in [0.05, 0.1) is 5.69 Å². The van der Waals surface area contributed by atoms with E-state index in [1.54, 1.807) is 23.1 Å². The Hall–Kier alpha value is -2.05. The van der Waals surface area contributed by atoms with E-state index < -0.39 is 6.61 Å². The molecule has 0 radical (unpaired) electrons. The Labute approximate surface area is 109 Å². The molecule has 7 heteroatoms. The highest BCUT2D eigenvalue weighted by atomic mass is 19.3. The molecule has 0 spiro atoms. The standard InChI is InChI=1S/C12H15F2N3O2/c13-11(14)19-10-4-2-1-3-9(10)15-5-7-17-8-6-16-12(17)18/h1-4,11,15H,5-8H2,(H,16,18). The molecule has 19 heavy (non-hydrogen) atoms. The molecular weight excluding hydrogens is 256 g/mol. The van der Waals surface area contributed by atoms with Crippen LogP contribution in [0.4, 0.5) is 19.3 Å². The highest BCUT2D eigenvalue weighted by molar-refractivity contribution is 5.76. The van der Waals surface area contributed by atoms with Crippen LogP contribution in [0.15, 0.2) is 24.3 Å². The van der Waals surface area contributed by atoms with E-state index in [1.165, 1.54) is 6.07 Å². The quantitative estimate of drug-likeness (QED) is 0.828. The van der Waals surface area contributed by atoms with Crippen LogP contribution in [-0.4, -0.2) is 43.7 Å². The van der Waals surface area contributed by atoms with E-state index >= 15 is 0 Å². The second-order valence-corrected chi connectivity index (χ2v) is 4.02. The second-order valence-electron chi connectivity index (χ2n) is 4.02. The molecule has 1 aliphatic heterocycles. The number of urea groups is 1. The predicted molar refractivity (Wildman–Crippen MR) is 66.5 cm³/mol. The highest BCUT2D eigenvalue weighted by Gasteiger charge is 2.18. The molecule has 1 heterocycles. The fraction of sp³-hybridized carbons (Fsp3) is 0.417. The molecule has 0 aliphatic carbocycles. The van der Waals surface area contributed by atoms with Gasteiger partial charge in [0, 0.05) is 26.2 Å². The lowest BCUT2D eigenvalue weighted by molar-refractivity contribution is -0.0493. The maximum absolute atomic E-state index is 12.2. The number of halogens is 2. The van der Waals surface area contributed by atoms with Gasteiger partial charge < -0.3 is 20.3 Å². The average Bonchev–Trinajstić information content (AvgIpc) is 2.77. The summed E-state index contributed by atoms with van der Waals surface area (Å²) in [6.07, 6.45) is 0. The monoisotopic (exact) mass is 271 g/mol. The first-order chi connectivity index (χ1) is 9.16. The van der Waals surface area contributed by atoms with Crippen molar-refractivity contribution in [3.63, 3.8) is 0 Å². The second kappa shape index (κ2) is 6.21. The summed E-state index contributed by atoms with van der Waals surface area (Å²) in [7, 11) is 0. The maximum atomic E-state index is 12.2. The number of nitrogens with one attached hydrogen (secondary N) is 2. The number of carbonyl (C=O) groups is 1. The fourth-order valence-electron chi connectivity index (χ4n) is 1.86. The largest absolute Gasteiger partial charge is 0.433 e. The minimum atomic E-state index is -2.85. The fourth-order valence-corrected chi connectivity index (χ4v) is 1.86. The van der Waals surface area contributed by atoms with Crippen LogP contribution in [0, 0.1) is 0 Å². The summed E-state index contributed by atoms with van der Waals surface area (Å²) >= 11 is 0. The molecule has 1 aromatic rings. The first kappa shape index (κ1) is 13.4. The van der Waals surface area contributed by atoms with E-state index in [2.05, 4.69) is 15.4 Å². The maximum Gasteiger partial charge on any atom is 0.387 e. The number of hydrogen-bond acceptors (Lipinski definition) is 3. The van der Waals surface area contributed by atoms with Gasteiger partial charge in [-0.15, -0.1) is 0 Å². The Morgan fingerprint density at radius 2 is 2.21 bits per heavy atom. The third kappa shape index (κ3) is 3.70. The van der Waals surface area contributed by atoms with Crippen LogP contribution in [0.2, 0.25) is 0 Å². The van der Waals surface area contributed by atoms with Crippen molar-refractivity contribution >= 4 is 11.7 Å². The van der Waals surface area contributed by atoms with Crippen LogP contribution >= 0.6 is 0 Å². The van der Waals surface area contributed by atoms with Gasteiger partial charge in [0.15, 0.2) is 0 Å². The molecule has 2 rings (SSSR count). The van der Waals surface area contributed by atoms with Crippen molar-refractivity contribution in [2.24, 2.45) is 0 Å². The van der Waals surface area contributed by atoms with Gasteiger partial charge in [-0.1, -0.05) is 12.1 Å². The summed E-state index contributed by atoms with van der Waals surface area (Å²) in [5.41, 5.74) is 0.488. The van der Waals surface area contributed by atoms with Gasteiger partial charge in [-0.2, -0.15) is 8.78 Å². The van der Waals surface area contributed by atoms with Gasteiger partial charge >= 0.3 is 12.6 Å². The molecule has 1 fully saturated rings. The number of ether oxygens (including phenoxy) is 1. The molecule has 1 aliphatic rings. The highest BCUT2D eigenvalue weighted by Crippen LogP contribution is 2.25. The molecule has 5 nitrogen and oxygen atoms in total. The van der Waals surface area contributed by atoms with Crippen molar-refractivity contribution in [3.8, 4) is 5.75 Å². The smallest absolute Gasteiger partial charge is 0.387 e. The van der Waals surface area contributed by atoms with E-state index in [9.17, 15) is 13.6 Å². The van der Waals surface area contributed by atoms with Crippen molar-refractivity contribution in [3.05, 3.63) is 24.3 Å². The first-order valence-electron chi connectivity index (χ1n) is 5.97. The molecule has 1 aromatic carbocycles. The molecule has 0 bridgehead atoms. The number of amides is 2. The summed E-state index contributed by atoms with van der Waals surface area (Å²) in [4.78, 5) is 12.9. The van der Waals surface area contributed by atoms with Gasteiger partial charge in [-0.3, -0.25) is 0 Å². The lowest BCUT2D eigenvalue weighted by Crippen LogP contribution is -2.32. The summed E-state index contributed by atoms with van der Waals surface area (Å²) < 4.78 is 28.8. The Balaban J connectivity index is 1.86. The number of hydrogen-bond donors (Lipinski definition) is 2. The first-order valence-corrected chi connectivity index (χ1v) is 5.97. The van der Waals surface area contributed by atoms with Gasteiger partial charge in [0.2, 0.25) is 0 Å². The molecule has 104 valence electrons. The summed E-state index contributed by atoms with van der Waals surface area (Å²) in [6, 6.07) is 6.37. The lowest BCUT2D eigenvalue weighted by atomic mass is 10.3. The van der Waals surface area contributed by atoms with Crippen LogP contribution in [0.3, 0.4) is 0 Å². The third-order valence-electron chi connectivity index (χ3n) is 2.75. The minimum absolute atomic E-state index is 0.0982. The molecule has 0 saturated carbocycles. The van der Waals surface area contributed by atoms with Crippen molar-refractivity contribution < 1.29 is 18.3 Å². The third-order valence-corrected chi connectivity index (χ3v) is 2.75. The number of alkyl halides is 2. The van der Waals surface area contributed by atoms with Crippen molar-refractivity contribution in [1.82, 2.24) is 10.2 Å². The van der Waals surface area contributed by atoms with E-state index in [0.29, 0.717) is 31.9 Å². The van der Waals surface area contributed by atoms with E-state index in [-0.39, 0.29) is 11.8 Å². The van der Waals surface area contributed by atoms with Crippen molar-refractivity contribution in [2.45, 2.75) is 6.61 Å². The average molecular weight is 271 g/mol. The number of anilines is 1. The number of carbonyl (C=O) groups excluding carboxylic acids is 1. The SMILES string of the molecule is O=C1NCCN1CCNc1ccccc1OC(F)F. The molecular formula is C12H15F2N3O2. The Bertz CT molecular complexity index is 443. The normalized spacial score (nSPS) is 14.7. The van der Waals surface area contributed by atoms with Crippen molar-refractivity contribution in [2.75, 3.05) is 31.5 Å². The summed E-state index contributed by atoms with van der Waals surface area (Å²) in [5.74, 6) is 0.100. The zero-order valence-corrected chi connectivity index (χ0v) is 10.2. The van der Waals surface area contributed by atoms with Crippen LogP contribution in [0.5, 0.6) is 5.75 Å². The van der Waals surface area contributed by atoms with Crippen molar-refractivity contribution in [1.29, 1.82) is 0 Å². The van der Waals surface area contributed by atoms with Crippen LogP contribution < -0.4 is 15.4 Å². The van der Waals surface area contributed by atoms with E-state index in [0.717, 1.165) is 0 Å². The number of nitrogens with zero attached hydrogens (tertiary/aromatic N) is 1. The van der Waals surface area contributed by atoms with Crippen LogP contribution in [-0.2, 0) is 0 Å². The minimum Gasteiger partial charge on any atom is -0.433 e. The Morgan fingerprint density at radius 3 is 2.89 bits per heavy atom. The molecule has 0 aromatic heterocycles. The Morgan fingerprint density at radius 1 is 1.42 bits per heavy atom. The lowest BCUT2D eigenvalue weighted by Gasteiger charge is -2.16. The molecule has 0 atom stereocenters. The van der Waals surface area contributed by atoms with Gasteiger partial charge in [0.25, 0.3) is 0 Å². The number of benzene rings is 1. The van der Waals surface area contributed by atoms with E-state index in [4.69, 9.17) is 0 Å². The Kier molecular flexibility index (Phi) is 4.38. The molecule has 1 saturated heterocycles. The molecule has 2 amide bonds. The predicted octanol–water partition coefficient (Wildman–Crippen LogP) is 1.73. The molecule has 2 N–H and O–H groups in total. The molecule has 0 unspecified atom stereocenters.